The zero-order chi connectivity index (χ0) is 12.2. The molecule has 0 amide bonds. The van der Waals surface area contributed by atoms with Gasteiger partial charge in [0.1, 0.15) is 4.34 Å². The third kappa shape index (κ3) is 4.94. The summed E-state index contributed by atoms with van der Waals surface area (Å²) in [5.74, 6) is 0.731. The molecule has 0 aromatic carbocycles. The van der Waals surface area contributed by atoms with E-state index in [1.165, 1.54) is 0 Å². The lowest BCUT2D eigenvalue weighted by Gasteiger charge is -2.22. The van der Waals surface area contributed by atoms with Gasteiger partial charge in [-0.1, -0.05) is 11.6 Å². The van der Waals surface area contributed by atoms with E-state index in [0.29, 0.717) is 6.54 Å². The number of nitrogens with one attached hydrogen (secondary N) is 1. The maximum atomic E-state index is 9.94. The van der Waals surface area contributed by atoms with Crippen molar-refractivity contribution in [3.05, 3.63) is 19.8 Å². The van der Waals surface area contributed by atoms with Crippen molar-refractivity contribution in [3.8, 4) is 0 Å². The summed E-state index contributed by atoms with van der Waals surface area (Å²) < 4.78 is 1.71. The Kier molecular flexibility index (Phi) is 6.12. The second-order valence-electron chi connectivity index (χ2n) is 3.87. The Balaban J connectivity index is 2.35. The molecule has 1 unspecified atom stereocenters. The summed E-state index contributed by atoms with van der Waals surface area (Å²) in [4.78, 5) is 1.16. The van der Waals surface area contributed by atoms with Crippen LogP contribution in [0.5, 0.6) is 0 Å². The van der Waals surface area contributed by atoms with Crippen molar-refractivity contribution in [1.82, 2.24) is 5.32 Å². The van der Waals surface area contributed by atoms with E-state index in [9.17, 15) is 5.11 Å². The number of hydrogen-bond donors (Lipinski definition) is 2. The predicted molar refractivity (Wildman–Crippen MR) is 77.7 cm³/mol. The molecule has 92 valence electrons. The molecule has 16 heavy (non-hydrogen) atoms. The van der Waals surface area contributed by atoms with Gasteiger partial charge < -0.3 is 10.4 Å². The Hall–Kier alpha value is 0.740. The number of rotatable bonds is 6. The molecule has 1 rings (SSSR count). The van der Waals surface area contributed by atoms with E-state index in [1.54, 1.807) is 23.1 Å². The highest BCUT2D eigenvalue weighted by atomic mass is 79.9. The summed E-state index contributed by atoms with van der Waals surface area (Å²) in [7, 11) is 0. The standard InChI is InChI=1S/C10H15BrClNOS2/c1-10(14,6-15-2)5-13-4-7-3-8(11)9(12)16-7/h3,13-14H,4-6H2,1-2H3. The Morgan fingerprint density at radius 1 is 1.69 bits per heavy atom. The molecule has 0 aliphatic rings. The lowest BCUT2D eigenvalue weighted by molar-refractivity contribution is 0.0846. The van der Waals surface area contributed by atoms with E-state index < -0.39 is 5.60 Å². The molecule has 1 aromatic rings. The van der Waals surface area contributed by atoms with Crippen LogP contribution in [0.3, 0.4) is 0 Å². The summed E-state index contributed by atoms with van der Waals surface area (Å²) in [5, 5.41) is 13.2. The van der Waals surface area contributed by atoms with E-state index >= 15 is 0 Å². The molecular weight excluding hydrogens is 330 g/mol. The highest BCUT2D eigenvalue weighted by molar-refractivity contribution is 9.10. The molecule has 2 N–H and O–H groups in total. The number of aliphatic hydroxyl groups is 1. The van der Waals surface area contributed by atoms with Crippen molar-refractivity contribution in [1.29, 1.82) is 0 Å². The van der Waals surface area contributed by atoms with Crippen LogP contribution >= 0.6 is 50.6 Å². The quantitative estimate of drug-likeness (QED) is 0.830. The molecule has 0 aliphatic heterocycles. The zero-order valence-corrected chi connectivity index (χ0v) is 13.2. The molecule has 0 saturated heterocycles. The van der Waals surface area contributed by atoms with Crippen molar-refractivity contribution in [2.45, 2.75) is 19.1 Å². The van der Waals surface area contributed by atoms with Crippen molar-refractivity contribution in [3.63, 3.8) is 0 Å². The first-order valence-electron chi connectivity index (χ1n) is 4.80. The van der Waals surface area contributed by atoms with Gasteiger partial charge in [-0.25, -0.2) is 0 Å². The van der Waals surface area contributed by atoms with Crippen LogP contribution in [-0.2, 0) is 6.54 Å². The summed E-state index contributed by atoms with van der Waals surface area (Å²) in [6, 6.07) is 2.00. The van der Waals surface area contributed by atoms with Gasteiger partial charge in [0.15, 0.2) is 0 Å². The minimum absolute atomic E-state index is 0.584. The summed E-state index contributed by atoms with van der Waals surface area (Å²) in [6.45, 7) is 3.16. The van der Waals surface area contributed by atoms with Crippen molar-refractivity contribution in [2.24, 2.45) is 0 Å². The third-order valence-corrected chi connectivity index (χ3v) is 5.34. The van der Waals surface area contributed by atoms with Crippen LogP contribution in [0.1, 0.15) is 11.8 Å². The molecule has 1 heterocycles. The maximum absolute atomic E-state index is 9.94. The minimum atomic E-state index is -0.655. The molecule has 6 heteroatoms. The Labute approximate surface area is 118 Å². The van der Waals surface area contributed by atoms with E-state index in [-0.39, 0.29) is 0 Å². The maximum Gasteiger partial charge on any atom is 0.107 e. The van der Waals surface area contributed by atoms with Crippen LogP contribution in [0.2, 0.25) is 4.34 Å². The largest absolute Gasteiger partial charge is 0.388 e. The molecule has 0 bridgehead atoms. The number of thiophene rings is 1. The average Bonchev–Trinajstić information content (AvgIpc) is 2.45. The van der Waals surface area contributed by atoms with E-state index in [2.05, 4.69) is 21.2 Å². The first-order valence-corrected chi connectivity index (χ1v) is 8.18. The average molecular weight is 345 g/mol. The van der Waals surface area contributed by atoms with Crippen LogP contribution in [0.15, 0.2) is 10.5 Å². The number of halogens is 2. The van der Waals surface area contributed by atoms with Crippen molar-refractivity contribution < 1.29 is 5.11 Å². The fourth-order valence-electron chi connectivity index (χ4n) is 1.30. The Bertz CT molecular complexity index is 324. The lowest BCUT2D eigenvalue weighted by Crippen LogP contribution is -2.39. The summed E-state index contributed by atoms with van der Waals surface area (Å²) in [6.07, 6.45) is 1.99. The Morgan fingerprint density at radius 3 is 2.88 bits per heavy atom. The van der Waals surface area contributed by atoms with Gasteiger partial charge >= 0.3 is 0 Å². The van der Waals surface area contributed by atoms with Gasteiger partial charge in [0.2, 0.25) is 0 Å². The van der Waals surface area contributed by atoms with Gasteiger partial charge in [0.25, 0.3) is 0 Å². The molecular formula is C10H15BrClNOS2. The predicted octanol–water partition coefficient (Wildman–Crippen LogP) is 3.37. The first-order chi connectivity index (χ1) is 7.44. The van der Waals surface area contributed by atoms with Crippen molar-refractivity contribution >= 4 is 50.6 Å². The molecule has 1 aromatic heterocycles. The fraction of sp³-hybridized carbons (Fsp3) is 0.600. The molecule has 0 aliphatic carbocycles. The molecule has 2 nitrogen and oxygen atoms in total. The second-order valence-corrected chi connectivity index (χ2v) is 7.33. The highest BCUT2D eigenvalue weighted by Gasteiger charge is 2.18. The monoisotopic (exact) mass is 343 g/mol. The molecule has 0 fully saturated rings. The Morgan fingerprint density at radius 2 is 2.38 bits per heavy atom. The van der Waals surface area contributed by atoms with Crippen LogP contribution in [0.25, 0.3) is 0 Å². The smallest absolute Gasteiger partial charge is 0.107 e. The minimum Gasteiger partial charge on any atom is -0.388 e. The SMILES string of the molecule is CSCC(C)(O)CNCc1cc(Br)c(Cl)s1. The third-order valence-electron chi connectivity index (χ3n) is 1.96. The number of thioether (sulfide) groups is 1. The first kappa shape index (κ1) is 14.8. The normalized spacial score (nSPS) is 15.1. The van der Waals surface area contributed by atoms with Crippen LogP contribution < -0.4 is 5.32 Å². The van der Waals surface area contributed by atoms with Crippen LogP contribution in [0, 0.1) is 0 Å². The van der Waals surface area contributed by atoms with Gasteiger partial charge in [-0.2, -0.15) is 11.8 Å². The summed E-state index contributed by atoms with van der Waals surface area (Å²) in [5.41, 5.74) is -0.655. The topological polar surface area (TPSA) is 32.3 Å². The molecule has 0 radical (unpaired) electrons. The summed E-state index contributed by atoms with van der Waals surface area (Å²) >= 11 is 12.5. The van der Waals surface area contributed by atoms with Gasteiger partial charge in [-0.3, -0.25) is 0 Å². The van der Waals surface area contributed by atoms with E-state index in [0.717, 1.165) is 26.0 Å². The van der Waals surface area contributed by atoms with E-state index in [1.807, 2.05) is 19.2 Å². The second kappa shape index (κ2) is 6.61. The van der Waals surface area contributed by atoms with E-state index in [4.69, 9.17) is 11.6 Å². The van der Waals surface area contributed by atoms with Crippen LogP contribution in [-0.4, -0.2) is 29.3 Å². The zero-order valence-electron chi connectivity index (χ0n) is 9.22. The molecule has 0 saturated carbocycles. The van der Waals surface area contributed by atoms with Gasteiger partial charge in [0, 0.05) is 28.2 Å². The number of hydrogen-bond acceptors (Lipinski definition) is 4. The molecule has 1 atom stereocenters. The fourth-order valence-corrected chi connectivity index (χ4v) is 3.78. The van der Waals surface area contributed by atoms with Gasteiger partial charge in [0.05, 0.1) is 5.60 Å². The van der Waals surface area contributed by atoms with Gasteiger partial charge in [-0.15, -0.1) is 11.3 Å². The molecule has 0 spiro atoms. The van der Waals surface area contributed by atoms with Crippen LogP contribution in [0.4, 0.5) is 0 Å². The highest BCUT2D eigenvalue weighted by Crippen LogP contribution is 2.31. The van der Waals surface area contributed by atoms with Crippen molar-refractivity contribution in [2.75, 3.05) is 18.6 Å². The lowest BCUT2D eigenvalue weighted by atomic mass is 10.1. The van der Waals surface area contributed by atoms with Gasteiger partial charge in [-0.05, 0) is 35.2 Å².